The Hall–Kier alpha value is -2.10. The van der Waals surface area contributed by atoms with Crippen LogP contribution in [0.25, 0.3) is 0 Å². The Kier molecular flexibility index (Phi) is 4.84. The Morgan fingerprint density at radius 2 is 1.88 bits per heavy atom. The number of methoxy groups -OCH3 is 1. The molecule has 2 N–H and O–H groups in total. The second-order valence-corrected chi connectivity index (χ2v) is 7.48. The molecular weight excluding hydrogens is 320 g/mol. The fourth-order valence-corrected chi connectivity index (χ4v) is 4.75. The Morgan fingerprint density at radius 1 is 1.12 bits per heavy atom. The van der Waals surface area contributed by atoms with Crippen LogP contribution in [0.1, 0.15) is 30.9 Å². The van der Waals surface area contributed by atoms with Crippen LogP contribution in [0.3, 0.4) is 0 Å². The summed E-state index contributed by atoms with van der Waals surface area (Å²) in [5.41, 5.74) is 4.08. The van der Waals surface area contributed by atoms with Gasteiger partial charge in [-0.15, -0.1) is 0 Å². The molecule has 1 aliphatic heterocycles. The van der Waals surface area contributed by atoms with Gasteiger partial charge >= 0.3 is 0 Å². The lowest BCUT2D eigenvalue weighted by atomic mass is 9.65. The zero-order chi connectivity index (χ0) is 18.0. The second kappa shape index (κ2) is 7.26. The van der Waals surface area contributed by atoms with Gasteiger partial charge in [0, 0.05) is 18.2 Å². The number of para-hydroxylation sites is 1. The molecule has 2 aliphatic rings. The summed E-state index contributed by atoms with van der Waals surface area (Å²) in [5.74, 6) is 1.52. The van der Waals surface area contributed by atoms with E-state index in [1.165, 1.54) is 23.1 Å². The average Bonchev–Trinajstić information content (AvgIpc) is 2.70. The largest absolute Gasteiger partial charge is 0.496 e. The summed E-state index contributed by atoms with van der Waals surface area (Å²) in [6, 6.07) is 19.6. The van der Waals surface area contributed by atoms with Crippen LogP contribution in [0.15, 0.2) is 66.2 Å². The molecule has 0 radical (unpaired) electrons. The van der Waals surface area contributed by atoms with Crippen molar-refractivity contribution < 1.29 is 4.74 Å². The van der Waals surface area contributed by atoms with Crippen molar-refractivity contribution in [2.75, 3.05) is 13.7 Å². The van der Waals surface area contributed by atoms with Crippen molar-refractivity contribution in [2.45, 2.75) is 37.9 Å². The zero-order valence-electron chi connectivity index (χ0n) is 15.7. The van der Waals surface area contributed by atoms with Crippen LogP contribution in [0.4, 0.5) is 0 Å². The molecule has 136 valence electrons. The molecule has 0 saturated carbocycles. The van der Waals surface area contributed by atoms with Crippen LogP contribution in [0.5, 0.6) is 5.75 Å². The summed E-state index contributed by atoms with van der Waals surface area (Å²) in [4.78, 5) is 0. The minimum Gasteiger partial charge on any atom is -0.496 e. The van der Waals surface area contributed by atoms with Gasteiger partial charge in [-0.05, 0) is 43.9 Å². The Balaban J connectivity index is 1.66. The van der Waals surface area contributed by atoms with Gasteiger partial charge in [-0.25, -0.2) is 0 Å². The van der Waals surface area contributed by atoms with Crippen LogP contribution in [-0.2, 0) is 12.1 Å². The number of ether oxygens (including phenoxy) is 1. The van der Waals surface area contributed by atoms with Crippen molar-refractivity contribution in [3.8, 4) is 5.75 Å². The first-order chi connectivity index (χ1) is 12.7. The highest BCUT2D eigenvalue weighted by molar-refractivity contribution is 5.36. The third-order valence-corrected chi connectivity index (χ3v) is 6.15. The van der Waals surface area contributed by atoms with Crippen LogP contribution < -0.4 is 15.4 Å². The highest BCUT2D eigenvalue weighted by atomic mass is 16.5. The quantitative estimate of drug-likeness (QED) is 0.801. The van der Waals surface area contributed by atoms with Crippen molar-refractivity contribution in [1.82, 2.24) is 10.6 Å². The molecule has 0 spiro atoms. The van der Waals surface area contributed by atoms with E-state index in [1.54, 1.807) is 7.11 Å². The molecule has 2 unspecified atom stereocenters. The van der Waals surface area contributed by atoms with Gasteiger partial charge in [-0.1, -0.05) is 60.2 Å². The first-order valence-corrected chi connectivity index (χ1v) is 9.57. The normalized spacial score (nSPS) is 27.7. The predicted octanol–water partition coefficient (Wildman–Crippen LogP) is 4.01. The lowest BCUT2D eigenvalue weighted by molar-refractivity contribution is 0.128. The van der Waals surface area contributed by atoms with Crippen LogP contribution in [0, 0.1) is 5.92 Å². The second-order valence-electron chi connectivity index (χ2n) is 7.48. The topological polar surface area (TPSA) is 33.3 Å². The van der Waals surface area contributed by atoms with Crippen molar-refractivity contribution >= 4 is 0 Å². The van der Waals surface area contributed by atoms with Gasteiger partial charge in [0.2, 0.25) is 0 Å². The zero-order valence-corrected chi connectivity index (χ0v) is 15.7. The summed E-state index contributed by atoms with van der Waals surface area (Å²) in [6.45, 7) is 4.18. The fraction of sp³-hybridized carbons (Fsp3) is 0.391. The van der Waals surface area contributed by atoms with E-state index in [9.17, 15) is 0 Å². The van der Waals surface area contributed by atoms with Gasteiger partial charge in [-0.3, -0.25) is 0 Å². The fourth-order valence-electron chi connectivity index (χ4n) is 4.75. The maximum Gasteiger partial charge on any atom is 0.123 e. The van der Waals surface area contributed by atoms with Gasteiger partial charge in [0.1, 0.15) is 5.75 Å². The Morgan fingerprint density at radius 3 is 2.69 bits per heavy atom. The standard InChI is InChI=1S/C23H28N2O/c1-17-12-14-23(19-9-4-3-5-10-19)22(20(17)13-15-25-23)24-16-18-8-6-7-11-21(18)26-2/h3-12,20,22,24-25H,13-16H2,1-2H3/t20?,22-,23?/m1/s1. The minimum atomic E-state index is -0.0360. The summed E-state index contributed by atoms with van der Waals surface area (Å²) in [7, 11) is 1.74. The third kappa shape index (κ3) is 2.95. The molecular formula is C23H28N2O. The minimum absolute atomic E-state index is 0.0360. The van der Waals surface area contributed by atoms with E-state index >= 15 is 0 Å². The van der Waals surface area contributed by atoms with E-state index in [-0.39, 0.29) is 5.54 Å². The molecule has 2 bridgehead atoms. The maximum absolute atomic E-state index is 5.54. The SMILES string of the molecule is COc1ccccc1CN[C@@H]1C2CCNC1(c1ccccc1)CC=C2C. The van der Waals surface area contributed by atoms with Gasteiger partial charge in [0.15, 0.2) is 0 Å². The molecule has 0 amide bonds. The Bertz CT molecular complexity index is 786. The summed E-state index contributed by atoms with van der Waals surface area (Å²) < 4.78 is 5.54. The summed E-state index contributed by atoms with van der Waals surface area (Å²) >= 11 is 0. The molecule has 1 heterocycles. The first kappa shape index (κ1) is 17.3. The number of nitrogens with one attached hydrogen (secondary N) is 2. The molecule has 1 aliphatic carbocycles. The molecule has 1 saturated heterocycles. The molecule has 2 aromatic rings. The van der Waals surface area contributed by atoms with E-state index in [4.69, 9.17) is 4.74 Å². The number of hydrogen-bond donors (Lipinski definition) is 2. The van der Waals surface area contributed by atoms with Crippen LogP contribution in [-0.4, -0.2) is 19.7 Å². The summed E-state index contributed by atoms with van der Waals surface area (Å²) in [5, 5.41) is 7.78. The smallest absolute Gasteiger partial charge is 0.123 e. The number of hydrogen-bond acceptors (Lipinski definition) is 3. The third-order valence-electron chi connectivity index (χ3n) is 6.15. The highest BCUT2D eigenvalue weighted by Crippen LogP contribution is 2.44. The van der Waals surface area contributed by atoms with E-state index in [0.717, 1.165) is 25.3 Å². The van der Waals surface area contributed by atoms with Crippen molar-refractivity contribution in [2.24, 2.45) is 5.92 Å². The lowest BCUT2D eigenvalue weighted by Crippen LogP contribution is -2.65. The van der Waals surface area contributed by atoms with Crippen molar-refractivity contribution in [1.29, 1.82) is 0 Å². The number of piperidine rings is 1. The maximum atomic E-state index is 5.54. The van der Waals surface area contributed by atoms with Crippen molar-refractivity contribution in [3.63, 3.8) is 0 Å². The molecule has 26 heavy (non-hydrogen) atoms. The van der Waals surface area contributed by atoms with E-state index < -0.39 is 0 Å². The number of rotatable bonds is 5. The highest BCUT2D eigenvalue weighted by Gasteiger charge is 2.48. The molecule has 3 nitrogen and oxygen atoms in total. The molecule has 0 aromatic heterocycles. The molecule has 4 rings (SSSR count). The van der Waals surface area contributed by atoms with E-state index in [2.05, 4.69) is 66.1 Å². The number of benzene rings is 2. The Labute approximate surface area is 156 Å². The first-order valence-electron chi connectivity index (χ1n) is 9.57. The average molecular weight is 348 g/mol. The molecule has 1 fully saturated rings. The lowest BCUT2D eigenvalue weighted by Gasteiger charge is -2.52. The van der Waals surface area contributed by atoms with Crippen LogP contribution in [0.2, 0.25) is 0 Å². The van der Waals surface area contributed by atoms with Gasteiger partial charge in [-0.2, -0.15) is 0 Å². The van der Waals surface area contributed by atoms with Gasteiger partial charge in [0.25, 0.3) is 0 Å². The molecule has 3 heteroatoms. The number of fused-ring (bicyclic) bond motifs is 2. The summed E-state index contributed by atoms with van der Waals surface area (Å²) in [6.07, 6.45) is 4.65. The monoisotopic (exact) mass is 348 g/mol. The molecule has 2 aromatic carbocycles. The van der Waals surface area contributed by atoms with E-state index in [1.807, 2.05) is 12.1 Å². The van der Waals surface area contributed by atoms with Crippen molar-refractivity contribution in [3.05, 3.63) is 77.4 Å². The van der Waals surface area contributed by atoms with Gasteiger partial charge < -0.3 is 15.4 Å². The predicted molar refractivity (Wildman–Crippen MR) is 106 cm³/mol. The molecule has 3 atom stereocenters. The van der Waals surface area contributed by atoms with E-state index in [0.29, 0.717) is 12.0 Å². The van der Waals surface area contributed by atoms with Gasteiger partial charge in [0.05, 0.1) is 12.6 Å². The van der Waals surface area contributed by atoms with Crippen LogP contribution >= 0.6 is 0 Å².